The van der Waals surface area contributed by atoms with Gasteiger partial charge >= 0.3 is 6.09 Å². The summed E-state index contributed by atoms with van der Waals surface area (Å²) in [6.07, 6.45) is 5.98. The van der Waals surface area contributed by atoms with Crippen LogP contribution in [0.1, 0.15) is 57.8 Å². The highest BCUT2D eigenvalue weighted by Gasteiger charge is 2.25. The Morgan fingerprint density at radius 2 is 2.08 bits per heavy atom. The van der Waals surface area contributed by atoms with Gasteiger partial charge in [0.25, 0.3) is 0 Å². The molecule has 24 heavy (non-hydrogen) atoms. The molecule has 1 amide bonds. The van der Waals surface area contributed by atoms with Gasteiger partial charge in [-0.15, -0.1) is 11.3 Å². The maximum atomic E-state index is 11.9. The van der Waals surface area contributed by atoms with E-state index in [2.05, 4.69) is 10.6 Å². The van der Waals surface area contributed by atoms with Gasteiger partial charge in [-0.25, -0.2) is 4.79 Å². The maximum Gasteiger partial charge on any atom is 0.407 e. The molecule has 1 saturated carbocycles. The Morgan fingerprint density at radius 3 is 2.67 bits per heavy atom. The van der Waals surface area contributed by atoms with E-state index in [4.69, 9.17) is 16.3 Å². The lowest BCUT2D eigenvalue weighted by atomic mass is 9.84. The fourth-order valence-electron chi connectivity index (χ4n) is 3.13. The average molecular weight is 373 g/mol. The molecule has 1 aliphatic carbocycles. The molecule has 1 atom stereocenters. The molecule has 136 valence electrons. The van der Waals surface area contributed by atoms with Gasteiger partial charge in [0.1, 0.15) is 5.60 Å². The van der Waals surface area contributed by atoms with Crippen LogP contribution >= 0.6 is 22.9 Å². The lowest BCUT2D eigenvalue weighted by Gasteiger charge is -2.31. The molecule has 1 fully saturated rings. The summed E-state index contributed by atoms with van der Waals surface area (Å²) in [6.45, 7) is 7.02. The van der Waals surface area contributed by atoms with Crippen molar-refractivity contribution in [2.24, 2.45) is 5.92 Å². The molecule has 2 rings (SSSR count). The minimum Gasteiger partial charge on any atom is -0.444 e. The van der Waals surface area contributed by atoms with E-state index in [0.29, 0.717) is 12.5 Å². The second-order valence-corrected chi connectivity index (χ2v) is 8.93. The monoisotopic (exact) mass is 372 g/mol. The van der Waals surface area contributed by atoms with E-state index < -0.39 is 5.60 Å². The van der Waals surface area contributed by atoms with Crippen LogP contribution in [-0.4, -0.2) is 24.3 Å². The molecule has 0 spiro atoms. The predicted octanol–water partition coefficient (Wildman–Crippen LogP) is 4.96. The van der Waals surface area contributed by atoms with E-state index in [0.717, 1.165) is 11.6 Å². The molecule has 1 unspecified atom stereocenters. The minimum atomic E-state index is -0.467. The number of ether oxygens (including phenoxy) is 1. The highest BCUT2D eigenvalue weighted by Crippen LogP contribution is 2.27. The number of amides is 1. The van der Waals surface area contributed by atoms with Gasteiger partial charge in [0, 0.05) is 29.4 Å². The smallest absolute Gasteiger partial charge is 0.407 e. The molecule has 6 heteroatoms. The molecule has 0 aromatic carbocycles. The number of thiophene rings is 1. The zero-order valence-electron chi connectivity index (χ0n) is 14.9. The molecule has 1 aromatic heterocycles. The number of hydrogen-bond donors (Lipinski definition) is 2. The second kappa shape index (κ2) is 9.07. The largest absolute Gasteiger partial charge is 0.444 e. The van der Waals surface area contributed by atoms with Gasteiger partial charge in [-0.1, -0.05) is 30.9 Å². The van der Waals surface area contributed by atoms with E-state index in [1.165, 1.54) is 37.0 Å². The minimum absolute atomic E-state index is 0.263. The highest BCUT2D eigenvalue weighted by atomic mass is 35.5. The molecule has 1 aromatic rings. The summed E-state index contributed by atoms with van der Waals surface area (Å²) in [5.41, 5.74) is -0.467. The van der Waals surface area contributed by atoms with E-state index >= 15 is 0 Å². The molecule has 0 bridgehead atoms. The predicted molar refractivity (Wildman–Crippen MR) is 101 cm³/mol. The van der Waals surface area contributed by atoms with Crippen LogP contribution in [0.2, 0.25) is 5.02 Å². The Bertz CT molecular complexity index is 521. The Balaban J connectivity index is 1.88. The zero-order valence-corrected chi connectivity index (χ0v) is 16.4. The van der Waals surface area contributed by atoms with E-state index in [1.54, 1.807) is 11.3 Å². The molecule has 0 aliphatic heterocycles. The third-order valence-electron chi connectivity index (χ3n) is 4.24. The normalized spacial score (nSPS) is 17.5. The van der Waals surface area contributed by atoms with Gasteiger partial charge in [-0.3, -0.25) is 0 Å². The standard InChI is InChI=1S/C18H29ClN2O2S/c1-18(2,3)23-17(22)21-11-16(13-7-5-4-6-8-13)20-10-15-9-14(19)12-24-15/h9,12-13,16,20H,4-8,10-11H2,1-3H3,(H,21,22). The Hall–Kier alpha value is -0.780. The topological polar surface area (TPSA) is 50.4 Å². The van der Waals surface area contributed by atoms with Crippen LogP contribution in [0, 0.1) is 5.92 Å². The van der Waals surface area contributed by atoms with Crippen LogP contribution in [0.3, 0.4) is 0 Å². The third kappa shape index (κ3) is 6.99. The number of nitrogens with one attached hydrogen (secondary N) is 2. The lowest BCUT2D eigenvalue weighted by molar-refractivity contribution is 0.0515. The fourth-order valence-corrected chi connectivity index (χ4v) is 4.15. The summed E-state index contributed by atoms with van der Waals surface area (Å²) in [4.78, 5) is 13.2. The SMILES string of the molecule is CC(C)(C)OC(=O)NCC(NCc1cc(Cl)cs1)C1CCCCC1. The first-order valence-electron chi connectivity index (χ1n) is 8.76. The number of rotatable bonds is 6. The van der Waals surface area contributed by atoms with Crippen LogP contribution in [0.4, 0.5) is 4.79 Å². The van der Waals surface area contributed by atoms with Crippen molar-refractivity contribution in [2.45, 2.75) is 71.1 Å². The Kier molecular flexibility index (Phi) is 7.38. The quantitative estimate of drug-likeness (QED) is 0.741. The maximum absolute atomic E-state index is 11.9. The number of carbonyl (C=O) groups excluding carboxylic acids is 1. The van der Waals surface area contributed by atoms with Crippen molar-refractivity contribution < 1.29 is 9.53 Å². The van der Waals surface area contributed by atoms with Crippen LogP contribution in [-0.2, 0) is 11.3 Å². The van der Waals surface area contributed by atoms with E-state index in [9.17, 15) is 4.79 Å². The van der Waals surface area contributed by atoms with Crippen molar-refractivity contribution in [1.29, 1.82) is 0 Å². The molecule has 4 nitrogen and oxygen atoms in total. The summed E-state index contributed by atoms with van der Waals surface area (Å²) in [6, 6.07) is 2.26. The van der Waals surface area contributed by atoms with Gasteiger partial charge in [-0.05, 0) is 45.6 Å². The van der Waals surface area contributed by atoms with E-state index in [1.807, 2.05) is 32.2 Å². The molecule has 0 radical (unpaired) electrons. The summed E-state index contributed by atoms with van der Waals surface area (Å²) in [5.74, 6) is 0.601. The van der Waals surface area contributed by atoms with Crippen LogP contribution < -0.4 is 10.6 Å². The summed E-state index contributed by atoms with van der Waals surface area (Å²) in [7, 11) is 0. The number of hydrogen-bond acceptors (Lipinski definition) is 4. The van der Waals surface area contributed by atoms with Gasteiger partial charge in [-0.2, -0.15) is 0 Å². The number of halogens is 1. The Morgan fingerprint density at radius 1 is 1.38 bits per heavy atom. The average Bonchev–Trinajstić information content (AvgIpc) is 2.92. The first-order valence-corrected chi connectivity index (χ1v) is 10.0. The highest BCUT2D eigenvalue weighted by molar-refractivity contribution is 7.10. The summed E-state index contributed by atoms with van der Waals surface area (Å²) >= 11 is 7.66. The van der Waals surface area contributed by atoms with Crippen molar-refractivity contribution in [1.82, 2.24) is 10.6 Å². The van der Waals surface area contributed by atoms with Crippen LogP contribution in [0.15, 0.2) is 11.4 Å². The van der Waals surface area contributed by atoms with Crippen molar-refractivity contribution in [3.8, 4) is 0 Å². The second-order valence-electron chi connectivity index (χ2n) is 7.50. The molecule has 1 aliphatic rings. The van der Waals surface area contributed by atoms with Crippen molar-refractivity contribution in [3.63, 3.8) is 0 Å². The van der Waals surface area contributed by atoms with Crippen molar-refractivity contribution in [3.05, 3.63) is 21.3 Å². The summed E-state index contributed by atoms with van der Waals surface area (Å²) < 4.78 is 5.35. The third-order valence-corrected chi connectivity index (χ3v) is 5.53. The lowest BCUT2D eigenvalue weighted by Crippen LogP contribution is -2.46. The van der Waals surface area contributed by atoms with Gasteiger partial charge in [0.2, 0.25) is 0 Å². The first-order chi connectivity index (χ1) is 11.3. The van der Waals surface area contributed by atoms with Crippen molar-refractivity contribution >= 4 is 29.0 Å². The molecular formula is C18H29ClN2O2S. The van der Waals surface area contributed by atoms with Crippen LogP contribution in [0.25, 0.3) is 0 Å². The van der Waals surface area contributed by atoms with Gasteiger partial charge < -0.3 is 15.4 Å². The van der Waals surface area contributed by atoms with Gasteiger partial charge in [0.15, 0.2) is 0 Å². The molecular weight excluding hydrogens is 344 g/mol. The molecule has 0 saturated heterocycles. The Labute approximate surface area is 154 Å². The zero-order chi connectivity index (χ0) is 17.6. The van der Waals surface area contributed by atoms with Crippen molar-refractivity contribution in [2.75, 3.05) is 6.54 Å². The van der Waals surface area contributed by atoms with Gasteiger partial charge in [0.05, 0.1) is 5.02 Å². The van der Waals surface area contributed by atoms with E-state index in [-0.39, 0.29) is 12.1 Å². The van der Waals surface area contributed by atoms with Crippen LogP contribution in [0.5, 0.6) is 0 Å². The number of alkyl carbamates (subject to hydrolysis) is 1. The number of carbonyl (C=O) groups is 1. The molecule has 2 N–H and O–H groups in total. The fraction of sp³-hybridized carbons (Fsp3) is 0.722. The molecule has 1 heterocycles. The summed E-state index contributed by atoms with van der Waals surface area (Å²) in [5, 5.41) is 9.29. The first kappa shape index (κ1) is 19.5.